The summed E-state index contributed by atoms with van der Waals surface area (Å²) in [7, 11) is -1.40. The molecule has 0 aliphatic heterocycles. The summed E-state index contributed by atoms with van der Waals surface area (Å²) < 4.78 is 1.77. The van der Waals surface area contributed by atoms with Gasteiger partial charge >= 0.3 is 7.12 Å². The summed E-state index contributed by atoms with van der Waals surface area (Å²) in [5, 5.41) is 18.3. The number of rotatable bonds is 3. The van der Waals surface area contributed by atoms with Crippen LogP contribution in [-0.2, 0) is 0 Å². The predicted molar refractivity (Wildman–Crippen MR) is 132 cm³/mol. The molecular weight excluding hydrogens is 479 g/mol. The number of aryl methyl sites for hydroxylation is 4. The van der Waals surface area contributed by atoms with Gasteiger partial charge in [0, 0.05) is 16.2 Å². The van der Waals surface area contributed by atoms with E-state index in [0.717, 1.165) is 33.2 Å². The van der Waals surface area contributed by atoms with Crippen molar-refractivity contribution in [2.75, 3.05) is 0 Å². The summed E-state index contributed by atoms with van der Waals surface area (Å²) in [5.41, 5.74) is 6.11. The molecular formula is C22H22BBrN2O2S2. The lowest BCUT2D eigenvalue weighted by atomic mass is 9.86. The van der Waals surface area contributed by atoms with Crippen molar-refractivity contribution in [2.45, 2.75) is 27.7 Å². The van der Waals surface area contributed by atoms with Gasteiger partial charge in [0.2, 0.25) is 0 Å². The van der Waals surface area contributed by atoms with Crippen molar-refractivity contribution in [3.63, 3.8) is 0 Å². The van der Waals surface area contributed by atoms with Crippen molar-refractivity contribution in [3.8, 4) is 21.1 Å². The highest BCUT2D eigenvalue weighted by molar-refractivity contribution is 9.11. The molecule has 4 nitrogen and oxygen atoms in total. The first-order chi connectivity index (χ1) is 14.2. The molecule has 0 spiro atoms. The Morgan fingerprint density at radius 2 is 1.27 bits per heavy atom. The molecule has 4 rings (SSSR count). The topological polar surface area (TPSA) is 66.2 Å². The maximum Gasteiger partial charge on any atom is 0.499 e. The first-order valence-electron chi connectivity index (χ1n) is 9.35. The van der Waals surface area contributed by atoms with E-state index in [0.29, 0.717) is 4.78 Å². The van der Waals surface area contributed by atoms with E-state index in [-0.39, 0.29) is 0 Å². The molecule has 0 aromatic carbocycles. The Hall–Kier alpha value is -1.84. The molecule has 154 valence electrons. The minimum atomic E-state index is -1.40. The number of pyridine rings is 2. The quantitative estimate of drug-likeness (QED) is 0.375. The number of thiophene rings is 2. The minimum Gasteiger partial charge on any atom is -0.423 e. The number of halogens is 1. The van der Waals surface area contributed by atoms with E-state index < -0.39 is 7.12 Å². The van der Waals surface area contributed by atoms with Crippen LogP contribution in [0.4, 0.5) is 0 Å². The van der Waals surface area contributed by atoms with E-state index in [1.54, 1.807) is 11.3 Å². The Bertz CT molecular complexity index is 1140. The molecule has 0 amide bonds. The van der Waals surface area contributed by atoms with Gasteiger partial charge in [-0.2, -0.15) is 0 Å². The monoisotopic (exact) mass is 500 g/mol. The van der Waals surface area contributed by atoms with Crippen LogP contribution in [0.1, 0.15) is 22.5 Å². The zero-order valence-corrected chi connectivity index (χ0v) is 20.4. The van der Waals surface area contributed by atoms with Crippen LogP contribution >= 0.6 is 38.6 Å². The Balaban J connectivity index is 0.000000172. The second-order valence-corrected chi connectivity index (χ2v) is 10.4. The lowest BCUT2D eigenvalue weighted by Crippen LogP contribution is -2.28. The van der Waals surface area contributed by atoms with Gasteiger partial charge in [0.05, 0.1) is 24.9 Å². The molecule has 4 aromatic rings. The summed E-state index contributed by atoms with van der Waals surface area (Å²) in [6.45, 7) is 7.91. The normalized spacial score (nSPS) is 10.5. The van der Waals surface area contributed by atoms with Crippen LogP contribution in [0.3, 0.4) is 0 Å². The third-order valence-corrected chi connectivity index (χ3v) is 7.79. The van der Waals surface area contributed by atoms with Gasteiger partial charge in [0.1, 0.15) is 0 Å². The number of hydrogen-bond donors (Lipinski definition) is 2. The molecule has 0 aliphatic rings. The van der Waals surface area contributed by atoms with Gasteiger partial charge in [-0.25, -0.2) is 0 Å². The molecule has 0 unspecified atom stereocenters. The standard InChI is InChI=1S/C11H12BNO2S.C11H10BrNS/c1-7-6-10(16-11(7)12(14)15)9-5-3-4-8(2)13-9;1-7-6-10(14-11(7)12)9-5-3-4-8(2)13-9/h3-6,14-15H,1-2H3;3-6H,1-2H3. The van der Waals surface area contributed by atoms with Gasteiger partial charge in [0.15, 0.2) is 0 Å². The number of hydrogen-bond acceptors (Lipinski definition) is 6. The van der Waals surface area contributed by atoms with E-state index in [9.17, 15) is 0 Å². The Labute approximate surface area is 193 Å². The third kappa shape index (κ3) is 5.65. The lowest BCUT2D eigenvalue weighted by molar-refractivity contribution is 0.426. The molecule has 0 bridgehead atoms. The van der Waals surface area contributed by atoms with Gasteiger partial charge in [-0.1, -0.05) is 12.1 Å². The average Bonchev–Trinajstić information content (AvgIpc) is 3.25. The van der Waals surface area contributed by atoms with Crippen LogP contribution in [0.25, 0.3) is 21.1 Å². The smallest absolute Gasteiger partial charge is 0.423 e. The molecule has 4 aromatic heterocycles. The fraction of sp³-hybridized carbons (Fsp3) is 0.182. The van der Waals surface area contributed by atoms with Crippen LogP contribution in [-0.4, -0.2) is 27.1 Å². The first kappa shape index (κ1) is 22.8. The number of nitrogens with zero attached hydrogens (tertiary/aromatic N) is 2. The highest BCUT2D eigenvalue weighted by Crippen LogP contribution is 2.33. The predicted octanol–water partition coefficient (Wildman–Crippen LogP) is 5.30. The molecule has 30 heavy (non-hydrogen) atoms. The maximum atomic E-state index is 9.16. The maximum absolute atomic E-state index is 9.16. The summed E-state index contributed by atoms with van der Waals surface area (Å²) in [5.74, 6) is 0. The second-order valence-electron chi connectivity index (χ2n) is 6.93. The van der Waals surface area contributed by atoms with Gasteiger partial charge in [-0.3, -0.25) is 9.97 Å². The Kier molecular flexibility index (Phi) is 7.60. The zero-order chi connectivity index (χ0) is 21.8. The molecule has 0 saturated carbocycles. The lowest BCUT2D eigenvalue weighted by Gasteiger charge is -1.97. The SMILES string of the molecule is Cc1cccc(-c2cc(C)c(B(O)O)s2)n1.Cc1cccc(-c2cc(C)c(Br)s2)n1. The Morgan fingerprint density at radius 3 is 1.67 bits per heavy atom. The van der Waals surface area contributed by atoms with Crippen molar-refractivity contribution in [2.24, 2.45) is 0 Å². The van der Waals surface area contributed by atoms with E-state index in [1.165, 1.54) is 25.6 Å². The average molecular weight is 501 g/mol. The van der Waals surface area contributed by atoms with Crippen LogP contribution in [0, 0.1) is 27.7 Å². The van der Waals surface area contributed by atoms with Crippen molar-refractivity contribution in [1.29, 1.82) is 0 Å². The summed E-state index contributed by atoms with van der Waals surface area (Å²) in [4.78, 5) is 11.1. The van der Waals surface area contributed by atoms with Crippen molar-refractivity contribution in [1.82, 2.24) is 9.97 Å². The van der Waals surface area contributed by atoms with Crippen LogP contribution < -0.4 is 4.78 Å². The summed E-state index contributed by atoms with van der Waals surface area (Å²) >= 11 is 6.62. The summed E-state index contributed by atoms with van der Waals surface area (Å²) in [6.07, 6.45) is 0. The van der Waals surface area contributed by atoms with E-state index in [2.05, 4.69) is 38.9 Å². The third-order valence-electron chi connectivity index (χ3n) is 4.33. The van der Waals surface area contributed by atoms with Crippen molar-refractivity contribution in [3.05, 3.63) is 74.8 Å². The molecule has 0 radical (unpaired) electrons. The fourth-order valence-electron chi connectivity index (χ4n) is 2.83. The highest BCUT2D eigenvalue weighted by Gasteiger charge is 2.18. The van der Waals surface area contributed by atoms with E-state index >= 15 is 0 Å². The molecule has 0 aliphatic carbocycles. The first-order valence-corrected chi connectivity index (χ1v) is 11.8. The molecule has 4 heterocycles. The minimum absolute atomic E-state index is 0.582. The van der Waals surface area contributed by atoms with Crippen LogP contribution in [0.5, 0.6) is 0 Å². The molecule has 8 heteroatoms. The van der Waals surface area contributed by atoms with Gasteiger partial charge < -0.3 is 10.0 Å². The van der Waals surface area contributed by atoms with Crippen LogP contribution in [0.15, 0.2) is 52.3 Å². The molecule has 0 fully saturated rings. The highest BCUT2D eigenvalue weighted by atomic mass is 79.9. The second kappa shape index (κ2) is 9.98. The van der Waals surface area contributed by atoms with Crippen molar-refractivity contribution >= 4 is 50.5 Å². The molecule has 0 saturated heterocycles. The van der Waals surface area contributed by atoms with Crippen molar-refractivity contribution < 1.29 is 10.0 Å². The zero-order valence-electron chi connectivity index (χ0n) is 17.2. The fourth-order valence-corrected chi connectivity index (χ4v) is 5.35. The van der Waals surface area contributed by atoms with Gasteiger partial charge in [-0.05, 0) is 91.1 Å². The number of aromatic nitrogens is 2. The largest absolute Gasteiger partial charge is 0.499 e. The van der Waals surface area contributed by atoms with E-state index in [4.69, 9.17) is 10.0 Å². The molecule has 0 atom stereocenters. The van der Waals surface area contributed by atoms with Crippen LogP contribution in [0.2, 0.25) is 0 Å². The molecule has 2 N–H and O–H groups in total. The summed E-state index contributed by atoms with van der Waals surface area (Å²) in [6, 6.07) is 16.0. The van der Waals surface area contributed by atoms with Gasteiger partial charge in [-0.15, -0.1) is 22.7 Å². The van der Waals surface area contributed by atoms with E-state index in [1.807, 2.05) is 63.2 Å². The Morgan fingerprint density at radius 1 is 0.767 bits per heavy atom. The van der Waals surface area contributed by atoms with Gasteiger partial charge in [0.25, 0.3) is 0 Å².